The van der Waals surface area contributed by atoms with Crippen LogP contribution in [0.3, 0.4) is 0 Å². The molecule has 0 unspecified atom stereocenters. The first-order valence-electron chi connectivity index (χ1n) is 4.72. The number of carboxylic acid groups (broad SMARTS) is 1. The molecule has 4 N–H and O–H groups in total. The third kappa shape index (κ3) is 4.81. The van der Waals surface area contributed by atoms with Gasteiger partial charge in [0.05, 0.1) is 0 Å². The van der Waals surface area contributed by atoms with Crippen molar-refractivity contribution in [3.05, 3.63) is 36.0 Å². The van der Waals surface area contributed by atoms with Gasteiger partial charge in [0.2, 0.25) is 0 Å². The molecule has 0 fully saturated rings. The molecule has 82 valence electrons. The quantitative estimate of drug-likeness (QED) is 0.685. The van der Waals surface area contributed by atoms with Crippen molar-refractivity contribution in [1.82, 2.24) is 4.98 Å². The van der Waals surface area contributed by atoms with Crippen LogP contribution in [0, 0.1) is 0 Å². The van der Waals surface area contributed by atoms with Crippen LogP contribution in [0.5, 0.6) is 0 Å². The number of fused-ring (bicyclic) bond motifs is 1. The van der Waals surface area contributed by atoms with E-state index in [4.69, 9.17) is 10.8 Å². The summed E-state index contributed by atoms with van der Waals surface area (Å²) in [6.45, 7) is 0. The number of hydrogen-bond acceptors (Lipinski definition) is 2. The first-order valence-corrected chi connectivity index (χ1v) is 4.72. The topological polar surface area (TPSA) is 79.1 Å². The van der Waals surface area contributed by atoms with Crippen molar-refractivity contribution in [3.63, 3.8) is 0 Å². The Labute approximate surface area is 185 Å². The molecule has 1 aromatic heterocycles. The normalized spacial score (nSPS) is 11.4. The Morgan fingerprint density at radius 1 is 1.35 bits per heavy atom. The van der Waals surface area contributed by atoms with Crippen molar-refractivity contribution in [1.29, 1.82) is 0 Å². The first kappa shape index (κ1) is 18.5. The number of benzene rings is 1. The summed E-state index contributed by atoms with van der Waals surface area (Å²) < 4.78 is 0. The molecular formula is C11H14K2N2O2. The number of nitrogens with two attached hydrogens (primary N) is 1. The Balaban J connectivity index is 0.00000128. The van der Waals surface area contributed by atoms with Crippen LogP contribution in [-0.4, -0.2) is 125 Å². The number of carbonyl (C=O) groups is 1. The number of nitrogens with one attached hydrogen (secondary N) is 1. The zero-order chi connectivity index (χ0) is 10.8. The van der Waals surface area contributed by atoms with Gasteiger partial charge in [0, 0.05) is 23.5 Å². The molecule has 0 radical (unpaired) electrons. The van der Waals surface area contributed by atoms with Crippen LogP contribution >= 0.6 is 0 Å². The van der Waals surface area contributed by atoms with Gasteiger partial charge < -0.3 is 15.8 Å². The molecule has 1 aromatic carbocycles. The average Bonchev–Trinajstić information content (AvgIpc) is 2.62. The fourth-order valence-corrected chi connectivity index (χ4v) is 1.62. The monoisotopic (exact) mass is 284 g/mol. The number of aliphatic carboxylic acids is 1. The molecule has 6 heteroatoms. The second-order valence-electron chi connectivity index (χ2n) is 3.51. The number of carboxylic acids is 1. The van der Waals surface area contributed by atoms with Crippen LogP contribution in [0.15, 0.2) is 30.5 Å². The molecule has 2 rings (SSSR count). The Morgan fingerprint density at radius 2 is 2.00 bits per heavy atom. The van der Waals surface area contributed by atoms with E-state index in [0.717, 1.165) is 16.5 Å². The van der Waals surface area contributed by atoms with Crippen LogP contribution < -0.4 is 5.73 Å². The SMILES string of the molecule is N[C@@H](Cc1c[nH]c2ccccc12)C(=O)O.[KH].[KH]. The van der Waals surface area contributed by atoms with Crippen molar-refractivity contribution in [3.8, 4) is 0 Å². The molecule has 17 heavy (non-hydrogen) atoms. The molecule has 0 aliphatic carbocycles. The summed E-state index contributed by atoms with van der Waals surface area (Å²) >= 11 is 0. The number of H-pyrrole nitrogens is 1. The zero-order valence-electron chi connectivity index (χ0n) is 8.10. The van der Waals surface area contributed by atoms with E-state index < -0.39 is 12.0 Å². The van der Waals surface area contributed by atoms with Gasteiger partial charge in [-0.2, -0.15) is 0 Å². The number of aromatic amines is 1. The number of aromatic nitrogens is 1. The molecule has 0 saturated heterocycles. The van der Waals surface area contributed by atoms with Crippen LogP contribution in [0.1, 0.15) is 5.56 Å². The Hall–Kier alpha value is 1.46. The van der Waals surface area contributed by atoms with Crippen LogP contribution in [-0.2, 0) is 11.2 Å². The van der Waals surface area contributed by atoms with E-state index in [1.54, 1.807) is 0 Å². The van der Waals surface area contributed by atoms with Gasteiger partial charge in [0.1, 0.15) is 6.04 Å². The summed E-state index contributed by atoms with van der Waals surface area (Å²) in [5, 5.41) is 9.75. The van der Waals surface area contributed by atoms with Crippen LogP contribution in [0.4, 0.5) is 0 Å². The van der Waals surface area contributed by atoms with E-state index in [1.807, 2.05) is 30.5 Å². The van der Waals surface area contributed by atoms with Crippen molar-refractivity contribution < 1.29 is 9.90 Å². The van der Waals surface area contributed by atoms with Gasteiger partial charge in [-0.1, -0.05) is 18.2 Å². The third-order valence-electron chi connectivity index (χ3n) is 2.43. The van der Waals surface area contributed by atoms with E-state index >= 15 is 0 Å². The first-order chi connectivity index (χ1) is 7.18. The Kier molecular flexibility index (Phi) is 9.34. The Bertz CT molecular complexity index is 499. The van der Waals surface area contributed by atoms with Crippen LogP contribution in [0.2, 0.25) is 0 Å². The van der Waals surface area contributed by atoms with Gasteiger partial charge in [-0.3, -0.25) is 4.79 Å². The van der Waals surface area contributed by atoms with Gasteiger partial charge in [-0.25, -0.2) is 0 Å². The number of para-hydroxylation sites is 1. The van der Waals surface area contributed by atoms with Gasteiger partial charge in [0.25, 0.3) is 0 Å². The van der Waals surface area contributed by atoms with Crippen molar-refractivity contribution in [2.75, 3.05) is 0 Å². The molecule has 1 heterocycles. The van der Waals surface area contributed by atoms with Gasteiger partial charge in [-0.05, 0) is 11.6 Å². The zero-order valence-corrected chi connectivity index (χ0v) is 8.10. The third-order valence-corrected chi connectivity index (χ3v) is 2.43. The predicted octanol–water partition coefficient (Wildman–Crippen LogP) is -0.175. The fraction of sp³-hybridized carbons (Fsp3) is 0.182. The minimum absolute atomic E-state index is 0. The molecule has 0 spiro atoms. The molecular weight excluding hydrogens is 270 g/mol. The second-order valence-corrected chi connectivity index (χ2v) is 3.51. The average molecular weight is 284 g/mol. The number of hydrogen-bond donors (Lipinski definition) is 3. The van der Waals surface area contributed by atoms with Crippen LogP contribution in [0.25, 0.3) is 10.9 Å². The summed E-state index contributed by atoms with van der Waals surface area (Å²) in [6.07, 6.45) is 2.16. The van der Waals surface area contributed by atoms with Gasteiger partial charge in [-0.15, -0.1) is 0 Å². The van der Waals surface area contributed by atoms with Gasteiger partial charge >= 0.3 is 109 Å². The minimum atomic E-state index is -0.972. The molecule has 0 saturated carbocycles. The molecule has 0 aliphatic rings. The molecule has 4 nitrogen and oxygen atoms in total. The Morgan fingerprint density at radius 3 is 2.65 bits per heavy atom. The second kappa shape index (κ2) is 8.60. The maximum atomic E-state index is 10.6. The molecule has 1 atom stereocenters. The molecule has 0 bridgehead atoms. The fourth-order valence-electron chi connectivity index (χ4n) is 1.62. The molecule has 0 amide bonds. The van der Waals surface area contributed by atoms with Crippen molar-refractivity contribution >= 4 is 120 Å². The van der Waals surface area contributed by atoms with E-state index in [9.17, 15) is 4.79 Å². The standard InChI is InChI=1S/C11H12N2O2.2K.2H/c12-9(11(14)15)5-7-6-13-10-4-2-1-3-8(7)10;;;;/h1-4,6,9,13H,5,12H2,(H,14,15);;;;/t9-;;;;/m0..../s1. The number of rotatable bonds is 3. The summed E-state index contributed by atoms with van der Waals surface area (Å²) in [5.74, 6) is -0.972. The maximum absolute atomic E-state index is 10.6. The molecule has 2 aromatic rings. The summed E-state index contributed by atoms with van der Waals surface area (Å²) in [5.41, 5.74) is 7.43. The van der Waals surface area contributed by atoms with E-state index in [2.05, 4.69) is 4.98 Å². The van der Waals surface area contributed by atoms with Gasteiger partial charge in [0.15, 0.2) is 0 Å². The summed E-state index contributed by atoms with van der Waals surface area (Å²) in [7, 11) is 0. The van der Waals surface area contributed by atoms with E-state index in [0.29, 0.717) is 6.42 Å². The summed E-state index contributed by atoms with van der Waals surface area (Å²) in [4.78, 5) is 13.7. The summed E-state index contributed by atoms with van der Waals surface area (Å²) in [6, 6.07) is 6.91. The van der Waals surface area contributed by atoms with Crippen molar-refractivity contribution in [2.45, 2.75) is 12.5 Å². The van der Waals surface area contributed by atoms with Crippen molar-refractivity contribution in [2.24, 2.45) is 5.73 Å². The predicted molar refractivity (Wildman–Crippen MR) is 71.9 cm³/mol. The van der Waals surface area contributed by atoms with E-state index in [1.165, 1.54) is 0 Å². The van der Waals surface area contributed by atoms with E-state index in [-0.39, 0.29) is 103 Å². The molecule has 0 aliphatic heterocycles.